The summed E-state index contributed by atoms with van der Waals surface area (Å²) in [7, 11) is 0. The molecular weight excluding hydrogens is 246 g/mol. The largest absolute Gasteiger partial charge is 0.481 e. The Morgan fingerprint density at radius 3 is 2.58 bits per heavy atom. The zero-order chi connectivity index (χ0) is 13.6. The molecule has 1 N–H and O–H groups in total. The van der Waals surface area contributed by atoms with Gasteiger partial charge in [0, 0.05) is 12.1 Å². The average Bonchev–Trinajstić information content (AvgIpc) is 3.16. The molecule has 5 nitrogen and oxygen atoms in total. The van der Waals surface area contributed by atoms with Crippen LogP contribution in [-0.4, -0.2) is 34.3 Å². The maximum Gasteiger partial charge on any atom is 0.311 e. The van der Waals surface area contributed by atoms with Crippen LogP contribution in [0, 0.1) is 5.41 Å². The van der Waals surface area contributed by atoms with Gasteiger partial charge in [0.2, 0.25) is 5.91 Å². The van der Waals surface area contributed by atoms with Gasteiger partial charge in [-0.05, 0) is 24.5 Å². The lowest BCUT2D eigenvalue weighted by atomic mass is 9.96. The number of rotatable bonds is 3. The molecule has 1 aliphatic carbocycles. The third kappa shape index (κ3) is 1.82. The van der Waals surface area contributed by atoms with E-state index in [0.29, 0.717) is 24.0 Å². The summed E-state index contributed by atoms with van der Waals surface area (Å²) in [5, 5.41) is 9.15. The van der Waals surface area contributed by atoms with E-state index in [1.807, 2.05) is 0 Å². The Balaban J connectivity index is 1.90. The van der Waals surface area contributed by atoms with Crippen LogP contribution in [0.2, 0.25) is 0 Å². The fourth-order valence-corrected chi connectivity index (χ4v) is 2.45. The van der Waals surface area contributed by atoms with E-state index in [1.165, 1.54) is 0 Å². The van der Waals surface area contributed by atoms with Gasteiger partial charge in [-0.25, -0.2) is 0 Å². The molecule has 0 radical (unpaired) electrons. The van der Waals surface area contributed by atoms with Gasteiger partial charge in [-0.15, -0.1) is 0 Å². The van der Waals surface area contributed by atoms with Crippen molar-refractivity contribution in [2.45, 2.75) is 19.3 Å². The van der Waals surface area contributed by atoms with E-state index in [-0.39, 0.29) is 24.8 Å². The minimum Gasteiger partial charge on any atom is -0.481 e. The van der Waals surface area contributed by atoms with Gasteiger partial charge in [0.15, 0.2) is 0 Å². The predicted molar refractivity (Wildman–Crippen MR) is 65.5 cm³/mol. The van der Waals surface area contributed by atoms with Crippen molar-refractivity contribution in [2.75, 3.05) is 6.54 Å². The highest BCUT2D eigenvalue weighted by atomic mass is 16.4. The molecule has 0 atom stereocenters. The highest BCUT2D eigenvalue weighted by molar-refractivity contribution is 6.10. The summed E-state index contributed by atoms with van der Waals surface area (Å²) in [6.45, 7) is -0.00562. The number of imide groups is 1. The second-order valence-corrected chi connectivity index (χ2v) is 5.20. The summed E-state index contributed by atoms with van der Waals surface area (Å²) in [5.41, 5.74) is 0.314. The Bertz CT molecular complexity index is 589. The van der Waals surface area contributed by atoms with E-state index < -0.39 is 11.4 Å². The van der Waals surface area contributed by atoms with E-state index in [2.05, 4.69) is 0 Å². The molecule has 1 aliphatic heterocycles. The van der Waals surface area contributed by atoms with E-state index >= 15 is 0 Å². The van der Waals surface area contributed by atoms with Crippen molar-refractivity contribution in [3.05, 3.63) is 35.4 Å². The van der Waals surface area contributed by atoms with Gasteiger partial charge in [-0.1, -0.05) is 18.2 Å². The first-order valence-corrected chi connectivity index (χ1v) is 6.19. The molecule has 2 aliphatic rings. The molecule has 3 rings (SSSR count). The fraction of sp³-hybridized carbons (Fsp3) is 0.357. The SMILES string of the molecule is O=C1Cc2ccccc2C(=O)N1CC1(C(=O)O)CC1. The average molecular weight is 259 g/mol. The molecule has 1 aromatic rings. The van der Waals surface area contributed by atoms with Gasteiger partial charge < -0.3 is 5.11 Å². The number of carboxylic acids is 1. The van der Waals surface area contributed by atoms with E-state index in [0.717, 1.165) is 4.90 Å². The maximum atomic E-state index is 12.3. The second kappa shape index (κ2) is 3.91. The smallest absolute Gasteiger partial charge is 0.311 e. The van der Waals surface area contributed by atoms with Crippen LogP contribution in [0.25, 0.3) is 0 Å². The Labute approximate surface area is 109 Å². The summed E-state index contributed by atoms with van der Waals surface area (Å²) in [6, 6.07) is 6.97. The Kier molecular flexibility index (Phi) is 2.45. The molecular formula is C14H13NO4. The molecule has 0 unspecified atom stereocenters. The molecule has 1 aromatic carbocycles. The quantitative estimate of drug-likeness (QED) is 0.824. The third-order valence-corrected chi connectivity index (χ3v) is 3.90. The molecule has 0 bridgehead atoms. The lowest BCUT2D eigenvalue weighted by Gasteiger charge is -2.28. The van der Waals surface area contributed by atoms with Crippen LogP contribution in [0.1, 0.15) is 28.8 Å². The van der Waals surface area contributed by atoms with Gasteiger partial charge in [0.05, 0.1) is 11.8 Å². The number of benzene rings is 1. The summed E-state index contributed by atoms with van der Waals surface area (Å²) >= 11 is 0. The van der Waals surface area contributed by atoms with E-state index in [9.17, 15) is 14.4 Å². The van der Waals surface area contributed by atoms with Crippen molar-refractivity contribution in [1.82, 2.24) is 4.90 Å². The minimum atomic E-state index is -0.924. The van der Waals surface area contributed by atoms with E-state index in [4.69, 9.17) is 5.11 Å². The van der Waals surface area contributed by atoms with Gasteiger partial charge in [0.1, 0.15) is 0 Å². The summed E-state index contributed by atoms with van der Waals surface area (Å²) in [4.78, 5) is 36.5. The minimum absolute atomic E-state index is 0.00562. The topological polar surface area (TPSA) is 74.7 Å². The number of carboxylic acid groups (broad SMARTS) is 1. The van der Waals surface area contributed by atoms with E-state index in [1.54, 1.807) is 24.3 Å². The number of hydrogen-bond donors (Lipinski definition) is 1. The predicted octanol–water partition coefficient (Wildman–Crippen LogP) is 1.08. The van der Waals surface area contributed by atoms with Gasteiger partial charge in [0.25, 0.3) is 5.91 Å². The van der Waals surface area contributed by atoms with Crippen molar-refractivity contribution in [3.8, 4) is 0 Å². The number of carbonyl (C=O) groups is 3. The number of carbonyl (C=O) groups excluding carboxylic acids is 2. The highest BCUT2D eigenvalue weighted by Gasteiger charge is 2.53. The summed E-state index contributed by atoms with van der Waals surface area (Å²) in [5.74, 6) is -1.61. The normalized spacial score (nSPS) is 20.1. The lowest BCUT2D eigenvalue weighted by molar-refractivity contribution is -0.144. The molecule has 1 saturated carbocycles. The second-order valence-electron chi connectivity index (χ2n) is 5.20. The molecule has 98 valence electrons. The van der Waals surface area contributed by atoms with Crippen molar-refractivity contribution < 1.29 is 19.5 Å². The first-order chi connectivity index (χ1) is 9.03. The van der Waals surface area contributed by atoms with Gasteiger partial charge >= 0.3 is 5.97 Å². The summed E-state index contributed by atoms with van der Waals surface area (Å²) < 4.78 is 0. The number of aliphatic carboxylic acids is 1. The third-order valence-electron chi connectivity index (χ3n) is 3.90. The van der Waals surface area contributed by atoms with Gasteiger partial charge in [-0.2, -0.15) is 0 Å². The van der Waals surface area contributed by atoms with Crippen LogP contribution in [0.15, 0.2) is 24.3 Å². The number of hydrogen-bond acceptors (Lipinski definition) is 3. The first kappa shape index (κ1) is 11.9. The molecule has 1 heterocycles. The monoisotopic (exact) mass is 259 g/mol. The van der Waals surface area contributed by atoms with Crippen LogP contribution in [-0.2, 0) is 16.0 Å². The highest BCUT2D eigenvalue weighted by Crippen LogP contribution is 2.47. The standard InChI is InChI=1S/C14H13NO4/c16-11-7-9-3-1-2-4-10(9)12(17)15(11)8-14(5-6-14)13(18)19/h1-4H,5-8H2,(H,18,19). The van der Waals surface area contributed by atoms with Gasteiger partial charge in [-0.3, -0.25) is 19.3 Å². The van der Waals surface area contributed by atoms with Crippen molar-refractivity contribution in [1.29, 1.82) is 0 Å². The molecule has 19 heavy (non-hydrogen) atoms. The first-order valence-electron chi connectivity index (χ1n) is 6.19. The molecule has 1 fully saturated rings. The Morgan fingerprint density at radius 1 is 1.26 bits per heavy atom. The maximum absolute atomic E-state index is 12.3. The van der Waals surface area contributed by atoms with Crippen LogP contribution < -0.4 is 0 Å². The Morgan fingerprint density at radius 2 is 1.95 bits per heavy atom. The molecule has 0 saturated heterocycles. The van der Waals surface area contributed by atoms with Crippen molar-refractivity contribution in [3.63, 3.8) is 0 Å². The van der Waals surface area contributed by atoms with Crippen LogP contribution in [0.4, 0.5) is 0 Å². The Hall–Kier alpha value is -2.17. The fourth-order valence-electron chi connectivity index (χ4n) is 2.45. The zero-order valence-corrected chi connectivity index (χ0v) is 10.3. The molecule has 2 amide bonds. The van der Waals surface area contributed by atoms with Crippen LogP contribution in [0.5, 0.6) is 0 Å². The number of fused-ring (bicyclic) bond motifs is 1. The zero-order valence-electron chi connectivity index (χ0n) is 10.3. The summed E-state index contributed by atoms with van der Waals surface area (Å²) in [6.07, 6.45) is 1.22. The molecule has 0 spiro atoms. The molecule has 0 aromatic heterocycles. The lowest BCUT2D eigenvalue weighted by Crippen LogP contribution is -2.46. The van der Waals surface area contributed by atoms with Crippen LogP contribution in [0.3, 0.4) is 0 Å². The van der Waals surface area contributed by atoms with Crippen molar-refractivity contribution >= 4 is 17.8 Å². The van der Waals surface area contributed by atoms with Crippen LogP contribution >= 0.6 is 0 Å². The molecule has 5 heteroatoms. The number of amides is 2. The number of nitrogens with zero attached hydrogens (tertiary/aromatic N) is 1. The van der Waals surface area contributed by atoms with Crippen molar-refractivity contribution in [2.24, 2.45) is 5.41 Å².